The maximum atomic E-state index is 12.9. The first-order valence-electron chi connectivity index (χ1n) is 12.0. The van der Waals surface area contributed by atoms with E-state index >= 15 is 0 Å². The molecule has 2 N–H and O–H groups in total. The van der Waals surface area contributed by atoms with Gasteiger partial charge in [-0.2, -0.15) is 13.2 Å². The molecule has 8 heteroatoms. The summed E-state index contributed by atoms with van der Waals surface area (Å²) in [5.74, 6) is 1.07. The average molecular weight is 493 g/mol. The number of amides is 1. The Morgan fingerprint density at radius 3 is 2.14 bits per heavy atom. The number of alkyl halides is 3. The second-order valence-electron chi connectivity index (χ2n) is 10.3. The molecule has 0 atom stereocenters. The highest BCUT2D eigenvalue weighted by Gasteiger charge is 2.31. The fourth-order valence-corrected chi connectivity index (χ4v) is 4.65. The lowest BCUT2D eigenvalue weighted by atomic mass is 9.85. The van der Waals surface area contributed by atoms with Gasteiger partial charge in [0.1, 0.15) is 5.75 Å². The van der Waals surface area contributed by atoms with Crippen LogP contribution >= 0.6 is 0 Å². The normalized spacial score (nSPS) is 18.8. The predicted molar refractivity (Wildman–Crippen MR) is 131 cm³/mol. The van der Waals surface area contributed by atoms with Crippen LogP contribution in [-0.4, -0.2) is 41.3 Å². The molecule has 5 nitrogen and oxygen atoms in total. The SMILES string of the molecule is COc1ccc(-c2ccc(C(F)(F)F)cc2)cc1CNC1CCC(CN(C(=O)O)C(C)(C)C)CC1. The summed E-state index contributed by atoms with van der Waals surface area (Å²) in [5, 5.41) is 13.1. The Hall–Kier alpha value is -2.74. The van der Waals surface area contributed by atoms with Crippen molar-refractivity contribution >= 4 is 6.09 Å². The highest BCUT2D eigenvalue weighted by Crippen LogP contribution is 2.33. The average Bonchev–Trinajstić information content (AvgIpc) is 2.80. The summed E-state index contributed by atoms with van der Waals surface area (Å²) in [6.07, 6.45) is -1.39. The number of methoxy groups -OCH3 is 1. The number of carbonyl (C=O) groups is 1. The third-order valence-electron chi connectivity index (χ3n) is 6.74. The van der Waals surface area contributed by atoms with Crippen molar-refractivity contribution in [2.45, 2.75) is 70.8 Å². The van der Waals surface area contributed by atoms with Gasteiger partial charge in [0.2, 0.25) is 0 Å². The van der Waals surface area contributed by atoms with Crippen LogP contribution < -0.4 is 10.1 Å². The molecule has 1 aliphatic carbocycles. The Labute approximate surface area is 205 Å². The minimum absolute atomic E-state index is 0.318. The quantitative estimate of drug-likeness (QED) is 0.446. The molecule has 0 heterocycles. The summed E-state index contributed by atoms with van der Waals surface area (Å²) in [6.45, 7) is 6.88. The van der Waals surface area contributed by atoms with Gasteiger partial charge in [0.25, 0.3) is 0 Å². The number of nitrogens with one attached hydrogen (secondary N) is 1. The minimum atomic E-state index is -4.36. The fraction of sp³-hybridized carbons (Fsp3) is 0.519. The Bertz CT molecular complexity index is 992. The van der Waals surface area contributed by atoms with Crippen molar-refractivity contribution in [2.75, 3.05) is 13.7 Å². The van der Waals surface area contributed by atoms with Crippen molar-refractivity contribution in [1.29, 1.82) is 0 Å². The van der Waals surface area contributed by atoms with Gasteiger partial charge in [0.15, 0.2) is 0 Å². The molecular weight excluding hydrogens is 457 g/mol. The van der Waals surface area contributed by atoms with Crippen molar-refractivity contribution in [2.24, 2.45) is 5.92 Å². The molecule has 0 spiro atoms. The number of hydrogen-bond acceptors (Lipinski definition) is 3. The Morgan fingerprint density at radius 1 is 1.03 bits per heavy atom. The van der Waals surface area contributed by atoms with E-state index in [4.69, 9.17) is 4.74 Å². The molecule has 1 amide bonds. The topological polar surface area (TPSA) is 61.8 Å². The molecule has 3 rings (SSSR count). The third-order valence-corrected chi connectivity index (χ3v) is 6.74. The van der Waals surface area contributed by atoms with Crippen LogP contribution in [0.4, 0.5) is 18.0 Å². The molecule has 0 saturated heterocycles. The lowest BCUT2D eigenvalue weighted by Crippen LogP contribution is -2.48. The van der Waals surface area contributed by atoms with Gasteiger partial charge in [0.05, 0.1) is 12.7 Å². The first-order chi connectivity index (χ1) is 16.4. The predicted octanol–water partition coefficient (Wildman–Crippen LogP) is 6.81. The maximum Gasteiger partial charge on any atom is 0.416 e. The van der Waals surface area contributed by atoms with E-state index in [1.54, 1.807) is 7.11 Å². The van der Waals surface area contributed by atoms with E-state index in [1.807, 2.05) is 39.0 Å². The molecule has 0 aliphatic heterocycles. The van der Waals surface area contributed by atoms with E-state index in [0.717, 1.165) is 54.7 Å². The summed E-state index contributed by atoms with van der Waals surface area (Å²) in [4.78, 5) is 13.2. The fourth-order valence-electron chi connectivity index (χ4n) is 4.65. The number of halogens is 3. The molecule has 2 aromatic rings. The summed E-state index contributed by atoms with van der Waals surface area (Å²) in [6, 6.07) is 11.1. The lowest BCUT2D eigenvalue weighted by Gasteiger charge is -2.38. The van der Waals surface area contributed by atoms with Crippen LogP contribution in [-0.2, 0) is 12.7 Å². The van der Waals surface area contributed by atoms with Crippen molar-refractivity contribution in [3.05, 3.63) is 53.6 Å². The molecule has 35 heavy (non-hydrogen) atoms. The number of nitrogens with zero attached hydrogens (tertiary/aromatic N) is 1. The van der Waals surface area contributed by atoms with Crippen LogP contribution in [0.3, 0.4) is 0 Å². The van der Waals surface area contributed by atoms with Gasteiger partial charge in [-0.05, 0) is 87.8 Å². The molecule has 0 bridgehead atoms. The smallest absolute Gasteiger partial charge is 0.416 e. The summed E-state index contributed by atoms with van der Waals surface area (Å²) >= 11 is 0. The van der Waals surface area contributed by atoms with Gasteiger partial charge in [-0.3, -0.25) is 0 Å². The Kier molecular flexibility index (Phi) is 8.36. The molecule has 0 unspecified atom stereocenters. The van der Waals surface area contributed by atoms with Crippen molar-refractivity contribution in [1.82, 2.24) is 10.2 Å². The molecular formula is C27H35F3N2O3. The molecule has 192 valence electrons. The first kappa shape index (κ1) is 26.9. The standard InChI is InChI=1S/C27H35F3N2O3/c1-26(2,3)32(25(33)34)17-18-5-12-23(13-6-18)31-16-21-15-20(9-14-24(21)35-4)19-7-10-22(11-8-19)27(28,29)30/h7-11,14-15,18,23,31H,5-6,12-13,16-17H2,1-4H3,(H,33,34). The van der Waals surface area contributed by atoms with Gasteiger partial charge in [-0.1, -0.05) is 18.2 Å². The number of benzene rings is 2. The van der Waals surface area contributed by atoms with Crippen molar-refractivity contribution < 1.29 is 27.8 Å². The largest absolute Gasteiger partial charge is 0.496 e. The van der Waals surface area contributed by atoms with Crippen LogP contribution in [0.5, 0.6) is 5.75 Å². The minimum Gasteiger partial charge on any atom is -0.496 e. The third kappa shape index (κ3) is 7.13. The van der Waals surface area contributed by atoms with Crippen molar-refractivity contribution in [3.8, 4) is 16.9 Å². The monoisotopic (exact) mass is 492 g/mol. The van der Waals surface area contributed by atoms with E-state index in [2.05, 4.69) is 5.32 Å². The lowest BCUT2D eigenvalue weighted by molar-refractivity contribution is -0.137. The van der Waals surface area contributed by atoms with Crippen LogP contribution in [0.1, 0.15) is 57.6 Å². The van der Waals surface area contributed by atoms with E-state index in [-0.39, 0.29) is 0 Å². The van der Waals surface area contributed by atoms with Gasteiger partial charge < -0.3 is 20.1 Å². The van der Waals surface area contributed by atoms with Gasteiger partial charge in [-0.25, -0.2) is 4.79 Å². The summed E-state index contributed by atoms with van der Waals surface area (Å²) in [5.41, 5.74) is 1.40. The highest BCUT2D eigenvalue weighted by atomic mass is 19.4. The second-order valence-corrected chi connectivity index (χ2v) is 10.3. The number of rotatable bonds is 7. The summed E-state index contributed by atoms with van der Waals surface area (Å²) in [7, 11) is 1.60. The van der Waals surface area contributed by atoms with E-state index in [1.165, 1.54) is 17.0 Å². The zero-order chi connectivity index (χ0) is 25.8. The molecule has 1 aliphatic rings. The molecule has 1 saturated carbocycles. The van der Waals surface area contributed by atoms with Crippen molar-refractivity contribution in [3.63, 3.8) is 0 Å². The first-order valence-corrected chi connectivity index (χ1v) is 12.0. The number of hydrogen-bond donors (Lipinski definition) is 2. The van der Waals surface area contributed by atoms with Gasteiger partial charge >= 0.3 is 12.3 Å². The Morgan fingerprint density at radius 2 is 1.63 bits per heavy atom. The molecule has 0 radical (unpaired) electrons. The molecule has 1 fully saturated rings. The zero-order valence-electron chi connectivity index (χ0n) is 20.8. The summed E-state index contributed by atoms with van der Waals surface area (Å²) < 4.78 is 44.2. The van der Waals surface area contributed by atoms with Crippen LogP contribution in [0.15, 0.2) is 42.5 Å². The van der Waals surface area contributed by atoms with Crippen LogP contribution in [0, 0.1) is 5.92 Å². The van der Waals surface area contributed by atoms with Crippen LogP contribution in [0.2, 0.25) is 0 Å². The molecule has 2 aromatic carbocycles. The number of carboxylic acid groups (broad SMARTS) is 1. The van der Waals surface area contributed by atoms with Crippen LogP contribution in [0.25, 0.3) is 11.1 Å². The van der Waals surface area contributed by atoms with Gasteiger partial charge in [-0.15, -0.1) is 0 Å². The number of ether oxygens (including phenoxy) is 1. The maximum absolute atomic E-state index is 12.9. The molecule has 0 aromatic heterocycles. The Balaban J connectivity index is 1.60. The van der Waals surface area contributed by atoms with Gasteiger partial charge in [0, 0.05) is 30.2 Å². The zero-order valence-corrected chi connectivity index (χ0v) is 20.8. The van der Waals surface area contributed by atoms with E-state index in [0.29, 0.717) is 30.6 Å². The second kappa shape index (κ2) is 10.9. The van der Waals surface area contributed by atoms with E-state index in [9.17, 15) is 23.1 Å². The highest BCUT2D eigenvalue weighted by molar-refractivity contribution is 5.66. The van der Waals surface area contributed by atoms with E-state index < -0.39 is 23.4 Å².